The topological polar surface area (TPSA) is 70.6 Å². The van der Waals surface area contributed by atoms with E-state index in [0.717, 1.165) is 17.0 Å². The number of carboxylic acid groups (broad SMARTS) is 1. The van der Waals surface area contributed by atoms with Crippen molar-refractivity contribution in [1.29, 1.82) is 0 Å². The zero-order chi connectivity index (χ0) is 12.8. The lowest BCUT2D eigenvalue weighted by Crippen LogP contribution is -2.39. The van der Waals surface area contributed by atoms with Crippen LogP contribution in [-0.4, -0.2) is 37.8 Å². The van der Waals surface area contributed by atoms with Crippen molar-refractivity contribution in [2.45, 2.75) is 13.0 Å². The fourth-order valence-corrected chi connectivity index (χ4v) is 1.52. The van der Waals surface area contributed by atoms with E-state index in [0.29, 0.717) is 6.54 Å². The molecular formula is C12H18N2O3. The molecule has 1 atom stereocenters. The molecule has 0 bridgehead atoms. The Hall–Kier alpha value is -1.75. The highest BCUT2D eigenvalue weighted by Crippen LogP contribution is 2.21. The van der Waals surface area contributed by atoms with Crippen molar-refractivity contribution in [1.82, 2.24) is 5.32 Å². The van der Waals surface area contributed by atoms with Crippen LogP contribution in [0.1, 0.15) is 5.56 Å². The third-order valence-corrected chi connectivity index (χ3v) is 2.55. The molecule has 0 aliphatic heterocycles. The van der Waals surface area contributed by atoms with E-state index < -0.39 is 12.0 Å². The third kappa shape index (κ3) is 3.64. The Labute approximate surface area is 101 Å². The number of methoxy groups -OCH3 is 1. The van der Waals surface area contributed by atoms with Gasteiger partial charge in [-0.15, -0.1) is 0 Å². The second-order valence-corrected chi connectivity index (χ2v) is 3.74. The molecule has 0 fully saturated rings. The van der Waals surface area contributed by atoms with Gasteiger partial charge in [0.1, 0.15) is 11.8 Å². The molecule has 3 N–H and O–H groups in total. The molecule has 0 aliphatic carbocycles. The average molecular weight is 238 g/mol. The van der Waals surface area contributed by atoms with Crippen LogP contribution >= 0.6 is 0 Å². The van der Waals surface area contributed by atoms with Gasteiger partial charge in [0.25, 0.3) is 0 Å². The first kappa shape index (κ1) is 13.3. The first-order valence-corrected chi connectivity index (χ1v) is 5.37. The summed E-state index contributed by atoms with van der Waals surface area (Å²) in [7, 11) is 3.25. The minimum absolute atomic E-state index is 0.331. The van der Waals surface area contributed by atoms with Crippen LogP contribution in [0.5, 0.6) is 5.75 Å². The number of rotatable bonds is 6. The molecule has 0 saturated heterocycles. The molecular weight excluding hydrogens is 220 g/mol. The second-order valence-electron chi connectivity index (χ2n) is 3.74. The van der Waals surface area contributed by atoms with Gasteiger partial charge >= 0.3 is 5.97 Å². The molecule has 0 saturated carbocycles. The average Bonchev–Trinajstić information content (AvgIpc) is 2.29. The fraction of sp³-hybridized carbons (Fsp3) is 0.417. The predicted molar refractivity (Wildman–Crippen MR) is 66.7 cm³/mol. The number of benzene rings is 1. The van der Waals surface area contributed by atoms with Crippen molar-refractivity contribution in [3.63, 3.8) is 0 Å². The molecule has 5 nitrogen and oxygen atoms in total. The number of anilines is 1. The Morgan fingerprint density at radius 2 is 2.24 bits per heavy atom. The number of nitrogens with one attached hydrogen (secondary N) is 2. The minimum Gasteiger partial charge on any atom is -0.496 e. The summed E-state index contributed by atoms with van der Waals surface area (Å²) in [6.07, 6.45) is 0. The maximum atomic E-state index is 10.8. The fourth-order valence-electron chi connectivity index (χ4n) is 1.52. The van der Waals surface area contributed by atoms with Crippen LogP contribution in [0, 0.1) is 6.92 Å². The highest BCUT2D eigenvalue weighted by atomic mass is 16.5. The Morgan fingerprint density at radius 1 is 1.53 bits per heavy atom. The van der Waals surface area contributed by atoms with Gasteiger partial charge in [-0.25, -0.2) is 0 Å². The Kier molecular flexibility index (Phi) is 4.78. The third-order valence-electron chi connectivity index (χ3n) is 2.55. The number of likely N-dealkylation sites (N-methyl/N-ethyl adjacent to an activating group) is 1. The van der Waals surface area contributed by atoms with Gasteiger partial charge in [0.2, 0.25) is 0 Å². The predicted octanol–water partition coefficient (Wildman–Crippen LogP) is 1.09. The molecule has 94 valence electrons. The van der Waals surface area contributed by atoms with Crippen LogP contribution < -0.4 is 15.4 Å². The van der Waals surface area contributed by atoms with Crippen LogP contribution in [0.2, 0.25) is 0 Å². The van der Waals surface area contributed by atoms with E-state index in [1.165, 1.54) is 0 Å². The monoisotopic (exact) mass is 238 g/mol. The molecule has 0 aromatic heterocycles. The second kappa shape index (κ2) is 6.10. The van der Waals surface area contributed by atoms with Gasteiger partial charge in [-0.05, 0) is 37.7 Å². The van der Waals surface area contributed by atoms with Crippen molar-refractivity contribution < 1.29 is 14.6 Å². The Bertz CT molecular complexity index is 393. The molecule has 0 spiro atoms. The number of hydrogen-bond donors (Lipinski definition) is 3. The van der Waals surface area contributed by atoms with E-state index in [1.807, 2.05) is 25.1 Å². The zero-order valence-corrected chi connectivity index (χ0v) is 10.3. The quantitative estimate of drug-likeness (QED) is 0.692. The summed E-state index contributed by atoms with van der Waals surface area (Å²) < 4.78 is 5.15. The van der Waals surface area contributed by atoms with E-state index in [2.05, 4.69) is 10.6 Å². The summed E-state index contributed by atoms with van der Waals surface area (Å²) in [5.41, 5.74) is 1.89. The molecule has 1 aromatic rings. The summed E-state index contributed by atoms with van der Waals surface area (Å²) in [5, 5.41) is 14.7. The number of hydrogen-bond acceptors (Lipinski definition) is 4. The molecule has 17 heavy (non-hydrogen) atoms. The number of carbonyl (C=O) groups is 1. The van der Waals surface area contributed by atoms with Crippen LogP contribution in [-0.2, 0) is 4.79 Å². The first-order chi connectivity index (χ1) is 8.08. The SMILES string of the molecule is CNC(CNc1ccc(OC)c(C)c1)C(=O)O. The highest BCUT2D eigenvalue weighted by molar-refractivity contribution is 5.74. The van der Waals surface area contributed by atoms with Gasteiger partial charge in [-0.1, -0.05) is 0 Å². The largest absolute Gasteiger partial charge is 0.496 e. The highest BCUT2D eigenvalue weighted by Gasteiger charge is 2.13. The van der Waals surface area contributed by atoms with E-state index in [-0.39, 0.29) is 0 Å². The van der Waals surface area contributed by atoms with Crippen molar-refractivity contribution in [2.24, 2.45) is 0 Å². The van der Waals surface area contributed by atoms with E-state index in [1.54, 1.807) is 14.2 Å². The Morgan fingerprint density at radius 3 is 2.71 bits per heavy atom. The van der Waals surface area contributed by atoms with Gasteiger partial charge in [0.05, 0.1) is 7.11 Å². The normalized spacial score (nSPS) is 11.9. The summed E-state index contributed by atoms with van der Waals surface area (Å²) in [6.45, 7) is 2.27. The van der Waals surface area contributed by atoms with E-state index in [4.69, 9.17) is 9.84 Å². The van der Waals surface area contributed by atoms with Gasteiger partial charge in [0, 0.05) is 12.2 Å². The van der Waals surface area contributed by atoms with Crippen molar-refractivity contribution in [3.8, 4) is 5.75 Å². The molecule has 0 heterocycles. The maximum absolute atomic E-state index is 10.8. The molecule has 5 heteroatoms. The molecule has 1 aromatic carbocycles. The summed E-state index contributed by atoms with van der Waals surface area (Å²) >= 11 is 0. The number of aliphatic carboxylic acids is 1. The van der Waals surface area contributed by atoms with Gasteiger partial charge in [-0.2, -0.15) is 0 Å². The van der Waals surface area contributed by atoms with Crippen molar-refractivity contribution in [3.05, 3.63) is 23.8 Å². The van der Waals surface area contributed by atoms with Crippen LogP contribution in [0.4, 0.5) is 5.69 Å². The first-order valence-electron chi connectivity index (χ1n) is 5.37. The van der Waals surface area contributed by atoms with Gasteiger partial charge in [0.15, 0.2) is 0 Å². The molecule has 0 radical (unpaired) electrons. The summed E-state index contributed by atoms with van der Waals surface area (Å²) in [6, 6.07) is 5.04. The number of ether oxygens (including phenoxy) is 1. The molecule has 1 unspecified atom stereocenters. The van der Waals surface area contributed by atoms with Gasteiger partial charge in [-0.3, -0.25) is 4.79 Å². The van der Waals surface area contributed by atoms with Crippen LogP contribution in [0.25, 0.3) is 0 Å². The molecule has 0 aliphatic rings. The summed E-state index contributed by atoms with van der Waals surface area (Å²) in [4.78, 5) is 10.8. The number of aryl methyl sites for hydroxylation is 1. The maximum Gasteiger partial charge on any atom is 0.322 e. The zero-order valence-electron chi connectivity index (χ0n) is 10.3. The van der Waals surface area contributed by atoms with E-state index >= 15 is 0 Å². The van der Waals surface area contributed by atoms with Crippen LogP contribution in [0.15, 0.2) is 18.2 Å². The summed E-state index contributed by atoms with van der Waals surface area (Å²) in [5.74, 6) is -0.0517. The van der Waals surface area contributed by atoms with Crippen molar-refractivity contribution in [2.75, 3.05) is 26.0 Å². The van der Waals surface area contributed by atoms with Gasteiger partial charge < -0.3 is 20.5 Å². The Balaban J connectivity index is 2.63. The lowest BCUT2D eigenvalue weighted by atomic mass is 10.2. The van der Waals surface area contributed by atoms with Crippen LogP contribution in [0.3, 0.4) is 0 Å². The number of carboxylic acids is 1. The lowest BCUT2D eigenvalue weighted by molar-refractivity contribution is -0.138. The van der Waals surface area contributed by atoms with E-state index in [9.17, 15) is 4.79 Å². The molecule has 0 amide bonds. The van der Waals surface area contributed by atoms with Crippen molar-refractivity contribution >= 4 is 11.7 Å². The lowest BCUT2D eigenvalue weighted by Gasteiger charge is -2.14. The molecule has 1 rings (SSSR count). The minimum atomic E-state index is -0.870. The standard InChI is InChI=1S/C12H18N2O3/c1-8-6-9(4-5-11(8)17-3)14-7-10(13-2)12(15)16/h4-6,10,13-14H,7H2,1-3H3,(H,15,16). The smallest absolute Gasteiger partial charge is 0.322 e.